The van der Waals surface area contributed by atoms with Crippen molar-refractivity contribution in [3.63, 3.8) is 0 Å². The zero-order chi connectivity index (χ0) is 10.1. The van der Waals surface area contributed by atoms with Crippen molar-refractivity contribution in [2.75, 3.05) is 7.11 Å². The van der Waals surface area contributed by atoms with Gasteiger partial charge in [-0.3, -0.25) is 4.79 Å². The Morgan fingerprint density at radius 2 is 2.36 bits per heavy atom. The maximum Gasteiger partial charge on any atom is 0.307 e. The minimum atomic E-state index is -0.696. The molecule has 0 saturated heterocycles. The van der Waals surface area contributed by atoms with Crippen LogP contribution in [0.25, 0.3) is 0 Å². The highest BCUT2D eigenvalue weighted by atomic mass is 16.5. The third-order valence-electron chi connectivity index (χ3n) is 2.63. The van der Waals surface area contributed by atoms with Gasteiger partial charge in [0.25, 0.3) is 0 Å². The second kappa shape index (κ2) is 3.33. The van der Waals surface area contributed by atoms with E-state index in [-0.39, 0.29) is 11.8 Å². The predicted molar refractivity (Wildman–Crippen MR) is 51.5 cm³/mol. The summed E-state index contributed by atoms with van der Waals surface area (Å²) in [4.78, 5) is 10.7. The Hall–Kier alpha value is -1.51. The van der Waals surface area contributed by atoms with Crippen molar-refractivity contribution < 1.29 is 14.6 Å². The minimum Gasteiger partial charge on any atom is -0.497 e. The van der Waals surface area contributed by atoms with Gasteiger partial charge in [-0.2, -0.15) is 0 Å². The van der Waals surface area contributed by atoms with Crippen LogP contribution < -0.4 is 4.74 Å². The molecule has 1 aliphatic carbocycles. The van der Waals surface area contributed by atoms with Crippen molar-refractivity contribution >= 4 is 5.97 Å². The van der Waals surface area contributed by atoms with Crippen LogP contribution in [0.5, 0.6) is 5.75 Å². The van der Waals surface area contributed by atoms with E-state index in [1.165, 1.54) is 0 Å². The van der Waals surface area contributed by atoms with Gasteiger partial charge < -0.3 is 9.84 Å². The van der Waals surface area contributed by atoms with E-state index in [9.17, 15) is 4.79 Å². The lowest BCUT2D eigenvalue weighted by Gasteiger charge is -2.02. The van der Waals surface area contributed by atoms with E-state index in [2.05, 4.69) is 0 Å². The van der Waals surface area contributed by atoms with Gasteiger partial charge in [-0.05, 0) is 30.0 Å². The molecule has 1 N–H and O–H groups in total. The van der Waals surface area contributed by atoms with E-state index in [1.54, 1.807) is 7.11 Å². The second-order valence-electron chi connectivity index (χ2n) is 3.56. The number of carbonyl (C=O) groups is 1. The number of rotatable bonds is 3. The number of benzene rings is 1. The van der Waals surface area contributed by atoms with Crippen molar-refractivity contribution in [2.45, 2.75) is 12.3 Å². The van der Waals surface area contributed by atoms with Crippen LogP contribution in [0.3, 0.4) is 0 Å². The van der Waals surface area contributed by atoms with Crippen molar-refractivity contribution in [3.8, 4) is 5.75 Å². The summed E-state index contributed by atoms with van der Waals surface area (Å²) in [7, 11) is 1.61. The molecule has 0 radical (unpaired) electrons. The molecule has 74 valence electrons. The fourth-order valence-corrected chi connectivity index (χ4v) is 1.71. The highest BCUT2D eigenvalue weighted by Crippen LogP contribution is 2.48. The van der Waals surface area contributed by atoms with Gasteiger partial charge in [0.2, 0.25) is 0 Å². The highest BCUT2D eigenvalue weighted by Gasteiger charge is 2.44. The lowest BCUT2D eigenvalue weighted by molar-refractivity contribution is -0.138. The van der Waals surface area contributed by atoms with E-state index < -0.39 is 5.97 Å². The first-order valence-electron chi connectivity index (χ1n) is 4.59. The molecule has 0 aromatic heterocycles. The summed E-state index contributed by atoms with van der Waals surface area (Å²) >= 11 is 0. The first-order valence-corrected chi connectivity index (χ1v) is 4.59. The summed E-state index contributed by atoms with van der Waals surface area (Å²) in [6, 6.07) is 7.62. The lowest BCUT2D eigenvalue weighted by atomic mass is 10.1. The van der Waals surface area contributed by atoms with E-state index in [0.717, 1.165) is 17.7 Å². The lowest BCUT2D eigenvalue weighted by Crippen LogP contribution is -1.98. The molecule has 3 nitrogen and oxygen atoms in total. The second-order valence-corrected chi connectivity index (χ2v) is 3.56. The molecule has 0 heterocycles. The molecule has 0 unspecified atom stereocenters. The Balaban J connectivity index is 2.15. The van der Waals surface area contributed by atoms with E-state index >= 15 is 0 Å². The van der Waals surface area contributed by atoms with Gasteiger partial charge in [0.1, 0.15) is 5.75 Å². The minimum absolute atomic E-state index is 0.183. The standard InChI is InChI=1S/C11H12O3/c1-14-8-4-2-3-7(5-8)9-6-10(9)11(12)13/h2-5,9-10H,6H2,1H3,(H,12,13)/t9-,10+/m1/s1. The Morgan fingerprint density at radius 1 is 1.57 bits per heavy atom. The molecule has 1 aromatic carbocycles. The summed E-state index contributed by atoms with van der Waals surface area (Å²) in [6.45, 7) is 0. The van der Waals surface area contributed by atoms with Crippen LogP contribution >= 0.6 is 0 Å². The van der Waals surface area contributed by atoms with E-state index in [1.807, 2.05) is 24.3 Å². The molecule has 1 saturated carbocycles. The maximum absolute atomic E-state index is 10.7. The van der Waals surface area contributed by atoms with Crippen molar-refractivity contribution in [1.29, 1.82) is 0 Å². The molecule has 14 heavy (non-hydrogen) atoms. The van der Waals surface area contributed by atoms with Gasteiger partial charge in [-0.25, -0.2) is 0 Å². The SMILES string of the molecule is COc1cccc([C@H]2C[C@@H]2C(=O)O)c1. The molecule has 0 amide bonds. The van der Waals surface area contributed by atoms with Crippen LogP contribution in [0.4, 0.5) is 0 Å². The van der Waals surface area contributed by atoms with Crippen molar-refractivity contribution in [2.24, 2.45) is 5.92 Å². The zero-order valence-electron chi connectivity index (χ0n) is 7.93. The highest BCUT2D eigenvalue weighted by molar-refractivity contribution is 5.75. The number of aliphatic carboxylic acids is 1. The van der Waals surface area contributed by atoms with Crippen LogP contribution in [0.15, 0.2) is 24.3 Å². The summed E-state index contributed by atoms with van der Waals surface area (Å²) in [5, 5.41) is 8.78. The Bertz CT molecular complexity index is 359. The van der Waals surface area contributed by atoms with Crippen molar-refractivity contribution in [3.05, 3.63) is 29.8 Å². The summed E-state index contributed by atoms with van der Waals surface area (Å²) in [6.07, 6.45) is 0.752. The average Bonchev–Trinajstić information content (AvgIpc) is 2.97. The van der Waals surface area contributed by atoms with E-state index in [0.29, 0.717) is 0 Å². The summed E-state index contributed by atoms with van der Waals surface area (Å²) < 4.78 is 5.08. The van der Waals surface area contributed by atoms with Gasteiger partial charge in [0.05, 0.1) is 13.0 Å². The monoisotopic (exact) mass is 192 g/mol. The number of methoxy groups -OCH3 is 1. The van der Waals surface area contributed by atoms with Crippen LogP contribution in [-0.4, -0.2) is 18.2 Å². The Kier molecular flexibility index (Phi) is 2.15. The number of ether oxygens (including phenoxy) is 1. The van der Waals surface area contributed by atoms with Crippen LogP contribution in [0, 0.1) is 5.92 Å². The van der Waals surface area contributed by atoms with Gasteiger partial charge in [-0.15, -0.1) is 0 Å². The average molecular weight is 192 g/mol. The topological polar surface area (TPSA) is 46.5 Å². The smallest absolute Gasteiger partial charge is 0.307 e. The molecule has 3 heteroatoms. The fourth-order valence-electron chi connectivity index (χ4n) is 1.71. The van der Waals surface area contributed by atoms with Crippen LogP contribution in [0.2, 0.25) is 0 Å². The molecule has 1 aromatic rings. The fraction of sp³-hybridized carbons (Fsp3) is 0.364. The maximum atomic E-state index is 10.7. The largest absolute Gasteiger partial charge is 0.497 e. The third kappa shape index (κ3) is 1.58. The van der Waals surface area contributed by atoms with Gasteiger partial charge in [0.15, 0.2) is 0 Å². The first-order chi connectivity index (χ1) is 6.72. The molecule has 1 aliphatic rings. The summed E-state index contributed by atoms with van der Waals surface area (Å²) in [5.74, 6) is 0.0843. The Morgan fingerprint density at radius 3 is 2.93 bits per heavy atom. The molecule has 2 rings (SSSR count). The van der Waals surface area contributed by atoms with Crippen LogP contribution in [-0.2, 0) is 4.79 Å². The third-order valence-corrected chi connectivity index (χ3v) is 2.63. The number of carboxylic acids is 1. The molecule has 0 bridgehead atoms. The molecule has 0 spiro atoms. The quantitative estimate of drug-likeness (QED) is 0.795. The first kappa shape index (κ1) is 9.06. The normalized spacial score (nSPS) is 24.4. The van der Waals surface area contributed by atoms with Crippen LogP contribution in [0.1, 0.15) is 17.9 Å². The van der Waals surface area contributed by atoms with Gasteiger partial charge >= 0.3 is 5.97 Å². The predicted octanol–water partition coefficient (Wildman–Crippen LogP) is 1.88. The van der Waals surface area contributed by atoms with Crippen molar-refractivity contribution in [1.82, 2.24) is 0 Å². The molecule has 2 atom stereocenters. The van der Waals surface area contributed by atoms with E-state index in [4.69, 9.17) is 9.84 Å². The molecule has 0 aliphatic heterocycles. The number of hydrogen-bond acceptors (Lipinski definition) is 2. The Labute approximate surface area is 82.3 Å². The summed E-state index contributed by atoms with van der Waals surface area (Å²) in [5.41, 5.74) is 1.07. The number of hydrogen-bond donors (Lipinski definition) is 1. The molecular formula is C11H12O3. The zero-order valence-corrected chi connectivity index (χ0v) is 7.93. The molecule has 1 fully saturated rings. The van der Waals surface area contributed by atoms with Gasteiger partial charge in [-0.1, -0.05) is 12.1 Å². The number of carboxylic acid groups (broad SMARTS) is 1. The van der Waals surface area contributed by atoms with Gasteiger partial charge in [0, 0.05) is 0 Å². The molecular weight excluding hydrogens is 180 g/mol.